The highest BCUT2D eigenvalue weighted by Crippen LogP contribution is 2.27. The van der Waals surface area contributed by atoms with Crippen molar-refractivity contribution in [2.75, 3.05) is 0 Å². The van der Waals surface area contributed by atoms with Gasteiger partial charge in [-0.1, -0.05) is 34.5 Å². The van der Waals surface area contributed by atoms with Crippen LogP contribution in [0.1, 0.15) is 13.3 Å². The summed E-state index contributed by atoms with van der Waals surface area (Å²) in [5.74, 6) is 0.416. The van der Waals surface area contributed by atoms with Gasteiger partial charge in [-0.25, -0.2) is 13.6 Å². The molecule has 2 rings (SSSR count). The van der Waals surface area contributed by atoms with E-state index in [0.29, 0.717) is 23.0 Å². The van der Waals surface area contributed by atoms with Gasteiger partial charge in [0.2, 0.25) is 0 Å². The third-order valence-electron chi connectivity index (χ3n) is 2.54. The van der Waals surface area contributed by atoms with Crippen molar-refractivity contribution in [3.05, 3.63) is 27.7 Å². The minimum atomic E-state index is -3.92. The fraction of sp³-hybridized carbons (Fsp3) is 0.273. The van der Waals surface area contributed by atoms with Crippen LogP contribution in [0, 0.1) is 0 Å². The molecule has 0 atom stereocenters. The first-order valence-electron chi connectivity index (χ1n) is 5.75. The molecule has 1 aromatic carbocycles. The van der Waals surface area contributed by atoms with Gasteiger partial charge in [0.05, 0.1) is 0 Å². The van der Waals surface area contributed by atoms with Crippen LogP contribution in [0.5, 0.6) is 0 Å². The first-order valence-corrected chi connectivity index (χ1v) is 8.47. The summed E-state index contributed by atoms with van der Waals surface area (Å²) in [5.41, 5.74) is 0.667. The lowest BCUT2D eigenvalue weighted by molar-refractivity contribution is 0.559. The number of hydrogen-bond donors (Lipinski definition) is 1. The third-order valence-corrected chi connectivity index (χ3v) is 4.03. The fourth-order valence-corrected chi connectivity index (χ4v) is 3.32. The van der Waals surface area contributed by atoms with Crippen LogP contribution in [0.2, 0.25) is 5.02 Å². The maximum atomic E-state index is 11.5. The number of sulfonamides is 1. The van der Waals surface area contributed by atoms with Gasteiger partial charge < -0.3 is 0 Å². The second-order valence-corrected chi connectivity index (χ2v) is 6.97. The molecule has 0 saturated carbocycles. The molecule has 0 bridgehead atoms. The van der Waals surface area contributed by atoms with Crippen molar-refractivity contribution in [2.24, 2.45) is 5.14 Å². The van der Waals surface area contributed by atoms with Gasteiger partial charge in [-0.2, -0.15) is 0 Å². The molecule has 0 aliphatic carbocycles. The van der Waals surface area contributed by atoms with Gasteiger partial charge in [0.25, 0.3) is 15.2 Å². The van der Waals surface area contributed by atoms with Crippen molar-refractivity contribution < 1.29 is 8.42 Å². The number of aromatic nitrogens is 3. The monoisotopic (exact) mass is 378 g/mol. The van der Waals surface area contributed by atoms with E-state index >= 15 is 0 Å². The van der Waals surface area contributed by atoms with Crippen LogP contribution in [0.15, 0.2) is 27.8 Å². The van der Waals surface area contributed by atoms with Gasteiger partial charge in [0.1, 0.15) is 0 Å². The summed E-state index contributed by atoms with van der Waals surface area (Å²) in [6.07, 6.45) is 0.718. The average molecular weight is 380 g/mol. The van der Waals surface area contributed by atoms with E-state index in [4.69, 9.17) is 16.7 Å². The molecule has 9 heteroatoms. The van der Waals surface area contributed by atoms with Gasteiger partial charge >= 0.3 is 0 Å². The van der Waals surface area contributed by atoms with E-state index in [2.05, 4.69) is 26.1 Å². The summed E-state index contributed by atoms with van der Waals surface area (Å²) in [6.45, 7) is 2.36. The Kier molecular flexibility index (Phi) is 4.48. The van der Waals surface area contributed by atoms with Crippen LogP contribution in [0.4, 0.5) is 0 Å². The quantitative estimate of drug-likeness (QED) is 0.883. The molecule has 20 heavy (non-hydrogen) atoms. The summed E-state index contributed by atoms with van der Waals surface area (Å²) in [6, 6.07) is 5.20. The van der Waals surface area contributed by atoms with Crippen LogP contribution in [-0.2, 0) is 16.6 Å². The molecule has 0 fully saturated rings. The summed E-state index contributed by atoms with van der Waals surface area (Å²) in [4.78, 5) is 0. The maximum Gasteiger partial charge on any atom is 0.273 e. The lowest BCUT2D eigenvalue weighted by Gasteiger charge is -2.08. The molecular formula is C11H12BrClN4O2S. The van der Waals surface area contributed by atoms with Gasteiger partial charge in [-0.3, -0.25) is 4.57 Å². The number of primary sulfonamides is 1. The standard InChI is InChI=1S/C11H12BrClN4O2S/c1-2-3-17-10(15-16-11(17)20(14,18)19)7-4-8(12)6-9(13)5-7/h4-6H,2-3H2,1H3,(H2,14,18,19). The van der Waals surface area contributed by atoms with Crippen LogP contribution in [-0.4, -0.2) is 23.2 Å². The summed E-state index contributed by atoms with van der Waals surface area (Å²) >= 11 is 9.33. The number of nitrogens with two attached hydrogens (primary N) is 1. The highest BCUT2D eigenvalue weighted by atomic mass is 79.9. The van der Waals surface area contributed by atoms with Crippen molar-refractivity contribution in [3.63, 3.8) is 0 Å². The van der Waals surface area contributed by atoms with Crippen LogP contribution < -0.4 is 5.14 Å². The Morgan fingerprint density at radius 2 is 2.05 bits per heavy atom. The molecule has 0 radical (unpaired) electrons. The highest BCUT2D eigenvalue weighted by Gasteiger charge is 2.21. The minimum Gasteiger partial charge on any atom is -0.297 e. The van der Waals surface area contributed by atoms with Gasteiger partial charge in [-0.05, 0) is 24.6 Å². The van der Waals surface area contributed by atoms with E-state index in [1.165, 1.54) is 4.57 Å². The van der Waals surface area contributed by atoms with E-state index in [-0.39, 0.29) is 5.16 Å². The van der Waals surface area contributed by atoms with Crippen molar-refractivity contribution in [2.45, 2.75) is 25.0 Å². The molecule has 108 valence electrons. The molecular weight excluding hydrogens is 368 g/mol. The zero-order chi connectivity index (χ0) is 14.9. The average Bonchev–Trinajstić information content (AvgIpc) is 2.71. The Hall–Kier alpha value is -0.960. The third kappa shape index (κ3) is 3.20. The smallest absolute Gasteiger partial charge is 0.273 e. The van der Waals surface area contributed by atoms with E-state index in [9.17, 15) is 8.42 Å². The zero-order valence-electron chi connectivity index (χ0n) is 10.5. The fourth-order valence-electron chi connectivity index (χ4n) is 1.82. The largest absolute Gasteiger partial charge is 0.297 e. The Labute approximate surface area is 130 Å². The molecule has 1 heterocycles. The van der Waals surface area contributed by atoms with Crippen LogP contribution in [0.3, 0.4) is 0 Å². The highest BCUT2D eigenvalue weighted by molar-refractivity contribution is 9.10. The molecule has 1 aromatic heterocycles. The van der Waals surface area contributed by atoms with Crippen molar-refractivity contribution in [1.82, 2.24) is 14.8 Å². The molecule has 0 aliphatic heterocycles. The summed E-state index contributed by atoms with van der Waals surface area (Å²) < 4.78 is 25.3. The predicted molar refractivity (Wildman–Crippen MR) is 79.8 cm³/mol. The van der Waals surface area contributed by atoms with E-state index < -0.39 is 10.0 Å². The lowest BCUT2D eigenvalue weighted by atomic mass is 10.2. The Bertz CT molecular complexity index is 725. The van der Waals surface area contributed by atoms with Gasteiger partial charge in [0, 0.05) is 21.6 Å². The molecule has 0 amide bonds. The molecule has 0 saturated heterocycles. The summed E-state index contributed by atoms with van der Waals surface area (Å²) in [5, 5.41) is 13.0. The van der Waals surface area contributed by atoms with E-state index in [1.54, 1.807) is 18.2 Å². The predicted octanol–water partition coefficient (Wildman–Crippen LogP) is 2.42. The number of halogens is 2. The SMILES string of the molecule is CCCn1c(-c2cc(Cl)cc(Br)c2)nnc1S(N)(=O)=O. The first kappa shape index (κ1) is 15.4. The normalized spacial score (nSPS) is 11.8. The van der Waals surface area contributed by atoms with Crippen LogP contribution >= 0.6 is 27.5 Å². The molecule has 0 aliphatic rings. The number of rotatable bonds is 4. The Morgan fingerprint density at radius 1 is 1.35 bits per heavy atom. The molecule has 2 aromatic rings. The second kappa shape index (κ2) is 5.80. The molecule has 0 spiro atoms. The van der Waals surface area contributed by atoms with E-state index in [1.807, 2.05) is 6.92 Å². The molecule has 6 nitrogen and oxygen atoms in total. The van der Waals surface area contributed by atoms with Crippen molar-refractivity contribution >= 4 is 37.6 Å². The van der Waals surface area contributed by atoms with E-state index in [0.717, 1.165) is 10.9 Å². The number of benzene rings is 1. The number of nitrogens with zero attached hydrogens (tertiary/aromatic N) is 3. The Morgan fingerprint density at radius 3 is 2.60 bits per heavy atom. The minimum absolute atomic E-state index is 0.245. The maximum absolute atomic E-state index is 11.5. The Balaban J connectivity index is 2.65. The van der Waals surface area contributed by atoms with Crippen molar-refractivity contribution in [1.29, 1.82) is 0 Å². The van der Waals surface area contributed by atoms with Crippen molar-refractivity contribution in [3.8, 4) is 11.4 Å². The lowest BCUT2D eigenvalue weighted by Crippen LogP contribution is -2.19. The second-order valence-electron chi connectivity index (χ2n) is 4.16. The topological polar surface area (TPSA) is 90.9 Å². The number of hydrogen-bond acceptors (Lipinski definition) is 4. The molecule has 2 N–H and O–H groups in total. The summed E-state index contributed by atoms with van der Waals surface area (Å²) in [7, 11) is -3.92. The first-order chi connectivity index (χ1) is 9.32. The van der Waals surface area contributed by atoms with Gasteiger partial charge in [-0.15, -0.1) is 10.2 Å². The van der Waals surface area contributed by atoms with Gasteiger partial charge in [0.15, 0.2) is 5.82 Å². The molecule has 0 unspecified atom stereocenters. The zero-order valence-corrected chi connectivity index (χ0v) is 13.7. The van der Waals surface area contributed by atoms with Crippen LogP contribution in [0.25, 0.3) is 11.4 Å².